The van der Waals surface area contributed by atoms with Crippen molar-refractivity contribution in [2.24, 2.45) is 5.73 Å². The zero-order chi connectivity index (χ0) is 20.5. The number of nitrogens with two attached hydrogens (primary N) is 1. The highest BCUT2D eigenvalue weighted by Gasteiger charge is 2.25. The van der Waals surface area contributed by atoms with E-state index in [1.807, 2.05) is 23.6 Å². The Balaban J connectivity index is 1.70. The molecule has 1 aliphatic rings. The van der Waals surface area contributed by atoms with Crippen LogP contribution in [0.5, 0.6) is 0 Å². The summed E-state index contributed by atoms with van der Waals surface area (Å²) in [7, 11) is 0. The lowest BCUT2D eigenvalue weighted by molar-refractivity contribution is 0.0993. The lowest BCUT2D eigenvalue weighted by atomic mass is 10.0. The Bertz CT molecular complexity index is 1120. The van der Waals surface area contributed by atoms with Gasteiger partial charge in [0.25, 0.3) is 5.91 Å². The van der Waals surface area contributed by atoms with Gasteiger partial charge in [-0.25, -0.2) is 4.98 Å². The molecule has 2 aromatic carbocycles. The number of aryl methyl sites for hydroxylation is 2. The number of benzene rings is 2. The van der Waals surface area contributed by atoms with Gasteiger partial charge >= 0.3 is 0 Å². The van der Waals surface area contributed by atoms with Gasteiger partial charge in [0.1, 0.15) is 0 Å². The van der Waals surface area contributed by atoms with Gasteiger partial charge in [0.15, 0.2) is 11.2 Å². The quantitative estimate of drug-likeness (QED) is 0.703. The minimum absolute atomic E-state index is 0.0294. The van der Waals surface area contributed by atoms with Gasteiger partial charge in [0.2, 0.25) is 0 Å². The van der Waals surface area contributed by atoms with Crippen molar-refractivity contribution in [3.63, 3.8) is 0 Å². The fourth-order valence-electron chi connectivity index (χ4n) is 4.29. The van der Waals surface area contributed by atoms with Gasteiger partial charge in [-0.05, 0) is 62.1 Å². The van der Waals surface area contributed by atoms with Crippen LogP contribution in [0.3, 0.4) is 0 Å². The van der Waals surface area contributed by atoms with Crippen LogP contribution in [0.2, 0.25) is 0 Å². The molecule has 0 spiro atoms. The van der Waals surface area contributed by atoms with E-state index < -0.39 is 5.91 Å². The van der Waals surface area contributed by atoms with Gasteiger partial charge in [-0.2, -0.15) is 0 Å². The van der Waals surface area contributed by atoms with Gasteiger partial charge in [-0.1, -0.05) is 30.3 Å². The largest absolute Gasteiger partial charge is 0.364 e. The Hall–Kier alpha value is -2.99. The van der Waals surface area contributed by atoms with Gasteiger partial charge in [-0.15, -0.1) is 0 Å². The predicted octanol–water partition coefficient (Wildman–Crippen LogP) is 3.07. The number of carbonyl (C=O) groups is 1. The number of carbonyl (C=O) groups excluding carboxylic acids is 1. The molecular formula is C23H27N5O. The topological polar surface area (TPSA) is 88.0 Å². The SMILES string of the molecule is Cc1cc2nc(C(N)=O)c(=N)n(CCN3CCCC3c3ccccc3)c2cc1C. The van der Waals surface area contributed by atoms with E-state index in [9.17, 15) is 4.79 Å². The molecule has 0 saturated carbocycles. The predicted molar refractivity (Wildman–Crippen MR) is 114 cm³/mol. The molecule has 150 valence electrons. The second-order valence-electron chi connectivity index (χ2n) is 7.85. The van der Waals surface area contributed by atoms with E-state index >= 15 is 0 Å². The highest BCUT2D eigenvalue weighted by atomic mass is 16.1. The average Bonchev–Trinajstić information content (AvgIpc) is 3.17. The molecule has 1 aliphatic heterocycles. The van der Waals surface area contributed by atoms with Crippen LogP contribution in [0.25, 0.3) is 11.0 Å². The Labute approximate surface area is 170 Å². The van der Waals surface area contributed by atoms with Crippen LogP contribution >= 0.6 is 0 Å². The molecule has 0 bridgehead atoms. The number of primary amides is 1. The molecule has 0 aliphatic carbocycles. The molecular weight excluding hydrogens is 362 g/mol. The minimum atomic E-state index is -0.660. The Morgan fingerprint density at radius 2 is 1.90 bits per heavy atom. The first-order valence-electron chi connectivity index (χ1n) is 10.1. The molecule has 2 heterocycles. The molecule has 6 heteroatoms. The summed E-state index contributed by atoms with van der Waals surface area (Å²) in [5.41, 5.74) is 10.8. The van der Waals surface area contributed by atoms with Crippen molar-refractivity contribution >= 4 is 16.9 Å². The second kappa shape index (κ2) is 7.79. The summed E-state index contributed by atoms with van der Waals surface area (Å²) in [5, 5.41) is 8.55. The van der Waals surface area contributed by atoms with E-state index in [0.717, 1.165) is 36.2 Å². The molecule has 1 saturated heterocycles. The maximum absolute atomic E-state index is 11.9. The molecule has 3 N–H and O–H groups in total. The molecule has 0 radical (unpaired) electrons. The number of hydrogen-bond donors (Lipinski definition) is 2. The van der Waals surface area contributed by atoms with E-state index in [-0.39, 0.29) is 11.2 Å². The van der Waals surface area contributed by atoms with Crippen molar-refractivity contribution in [3.8, 4) is 0 Å². The van der Waals surface area contributed by atoms with Crippen LogP contribution in [0.4, 0.5) is 0 Å². The summed E-state index contributed by atoms with van der Waals surface area (Å²) >= 11 is 0. The maximum atomic E-state index is 11.9. The summed E-state index contributed by atoms with van der Waals surface area (Å²) in [6.45, 7) is 6.53. The van der Waals surface area contributed by atoms with E-state index in [2.05, 4.69) is 47.1 Å². The summed E-state index contributed by atoms with van der Waals surface area (Å²) < 4.78 is 1.88. The Morgan fingerprint density at radius 1 is 1.17 bits per heavy atom. The number of nitrogens with one attached hydrogen (secondary N) is 1. The number of amides is 1. The standard InChI is InChI=1S/C23H27N5O/c1-15-13-18-20(14-16(15)2)28(22(24)21(26-18)23(25)29)12-11-27-10-6-9-19(27)17-7-4-3-5-8-17/h3-5,7-8,13-14,19,24H,6,9-12H2,1-2H3,(H2,25,29). The van der Waals surface area contributed by atoms with Crippen LogP contribution in [0.15, 0.2) is 42.5 Å². The zero-order valence-electron chi connectivity index (χ0n) is 17.0. The molecule has 1 unspecified atom stereocenters. The second-order valence-corrected chi connectivity index (χ2v) is 7.85. The highest BCUT2D eigenvalue weighted by molar-refractivity contribution is 5.92. The highest BCUT2D eigenvalue weighted by Crippen LogP contribution is 2.31. The average molecular weight is 390 g/mol. The fraction of sp³-hybridized carbons (Fsp3) is 0.348. The minimum Gasteiger partial charge on any atom is -0.364 e. The monoisotopic (exact) mass is 389 g/mol. The van der Waals surface area contributed by atoms with Crippen LogP contribution in [0.1, 0.15) is 46.1 Å². The van der Waals surface area contributed by atoms with E-state index in [1.54, 1.807) is 0 Å². The number of hydrogen-bond acceptors (Lipinski definition) is 4. The molecule has 1 aromatic heterocycles. The van der Waals surface area contributed by atoms with Crippen LogP contribution in [-0.4, -0.2) is 33.4 Å². The smallest absolute Gasteiger partial charge is 0.271 e. The Kier molecular flexibility index (Phi) is 5.20. The van der Waals surface area contributed by atoms with Crippen molar-refractivity contribution in [2.45, 2.75) is 39.3 Å². The van der Waals surface area contributed by atoms with Crippen LogP contribution in [-0.2, 0) is 6.54 Å². The first kappa shape index (κ1) is 19.3. The molecule has 6 nitrogen and oxygen atoms in total. The van der Waals surface area contributed by atoms with E-state index in [0.29, 0.717) is 18.1 Å². The first-order valence-corrected chi connectivity index (χ1v) is 10.1. The lowest BCUT2D eigenvalue weighted by Gasteiger charge is -2.26. The molecule has 1 amide bonds. The Morgan fingerprint density at radius 3 is 2.62 bits per heavy atom. The zero-order valence-corrected chi connectivity index (χ0v) is 17.0. The summed E-state index contributed by atoms with van der Waals surface area (Å²) in [5.74, 6) is -0.660. The summed E-state index contributed by atoms with van der Waals surface area (Å²) in [6.07, 6.45) is 2.31. The third-order valence-electron chi connectivity index (χ3n) is 6.00. The first-order chi connectivity index (χ1) is 14.0. The number of rotatable bonds is 5. The lowest BCUT2D eigenvalue weighted by Crippen LogP contribution is -2.35. The van der Waals surface area contributed by atoms with Crippen molar-refractivity contribution in [2.75, 3.05) is 13.1 Å². The van der Waals surface area contributed by atoms with Crippen molar-refractivity contribution in [1.29, 1.82) is 5.41 Å². The molecule has 29 heavy (non-hydrogen) atoms. The third-order valence-corrected chi connectivity index (χ3v) is 6.00. The normalized spacial score (nSPS) is 17.1. The fourth-order valence-corrected chi connectivity index (χ4v) is 4.29. The van der Waals surface area contributed by atoms with Crippen LogP contribution in [0, 0.1) is 19.3 Å². The van der Waals surface area contributed by atoms with Crippen molar-refractivity contribution in [1.82, 2.24) is 14.5 Å². The molecule has 4 rings (SSSR count). The number of aromatic nitrogens is 2. The summed E-state index contributed by atoms with van der Waals surface area (Å²) in [6, 6.07) is 15.0. The van der Waals surface area contributed by atoms with Crippen LogP contribution < -0.4 is 11.2 Å². The molecule has 1 fully saturated rings. The van der Waals surface area contributed by atoms with E-state index in [4.69, 9.17) is 11.1 Å². The molecule has 1 atom stereocenters. The van der Waals surface area contributed by atoms with E-state index in [1.165, 1.54) is 12.0 Å². The number of nitrogens with zero attached hydrogens (tertiary/aromatic N) is 3. The molecule has 3 aromatic rings. The number of fused-ring (bicyclic) bond motifs is 1. The third kappa shape index (κ3) is 3.68. The summed E-state index contributed by atoms with van der Waals surface area (Å²) in [4.78, 5) is 18.7. The van der Waals surface area contributed by atoms with Gasteiger partial charge in [-0.3, -0.25) is 15.1 Å². The van der Waals surface area contributed by atoms with Gasteiger partial charge < -0.3 is 10.3 Å². The number of likely N-dealkylation sites (tertiary alicyclic amines) is 1. The van der Waals surface area contributed by atoms with Crippen molar-refractivity contribution in [3.05, 3.63) is 70.3 Å². The van der Waals surface area contributed by atoms with Crippen molar-refractivity contribution < 1.29 is 4.79 Å². The van der Waals surface area contributed by atoms with Gasteiger partial charge in [0, 0.05) is 19.1 Å². The van der Waals surface area contributed by atoms with Gasteiger partial charge in [0.05, 0.1) is 11.0 Å². The maximum Gasteiger partial charge on any atom is 0.271 e.